The standard InChI is InChI=1S/C25H49O7P.Na/c1-4-5-6-7-8-9-10-11-12-13-14-15-16-17-18-19-20-31-33(28,29)32-22-24(26)21-30-25(27)23(2)3;/h24,26H,2,4-22H2,1,3H3,(H,28,29);/q;+1/p-1. The number of esters is 1. The van der Waals surface area contributed by atoms with Crippen molar-refractivity contribution < 1.29 is 62.7 Å². The van der Waals surface area contributed by atoms with E-state index in [1.54, 1.807) is 0 Å². The summed E-state index contributed by atoms with van der Waals surface area (Å²) in [6.07, 6.45) is 18.7. The predicted octanol–water partition coefficient (Wildman–Crippen LogP) is 3.23. The van der Waals surface area contributed by atoms with E-state index in [1.165, 1.54) is 84.0 Å². The topological polar surface area (TPSA) is 105 Å². The van der Waals surface area contributed by atoms with Crippen LogP contribution >= 0.6 is 7.82 Å². The van der Waals surface area contributed by atoms with Gasteiger partial charge in [0.15, 0.2) is 0 Å². The molecule has 0 rings (SSSR count). The van der Waals surface area contributed by atoms with Gasteiger partial charge < -0.3 is 23.8 Å². The summed E-state index contributed by atoms with van der Waals surface area (Å²) in [6, 6.07) is 0. The SMILES string of the molecule is C=C(C)C(=O)OCC(O)COP(=O)([O-])OCCCCCCCCCCCCCCCCCC.[Na+]. The number of aliphatic hydroxyl groups is 1. The van der Waals surface area contributed by atoms with Crippen LogP contribution in [0.5, 0.6) is 0 Å². The monoisotopic (exact) mass is 514 g/mol. The second-order valence-corrected chi connectivity index (χ2v) is 10.3. The van der Waals surface area contributed by atoms with E-state index < -0.39 is 26.5 Å². The predicted molar refractivity (Wildman–Crippen MR) is 131 cm³/mol. The molecule has 0 bridgehead atoms. The quantitative estimate of drug-likeness (QED) is 0.0693. The molecule has 0 aliphatic rings. The van der Waals surface area contributed by atoms with E-state index in [0.717, 1.165) is 19.3 Å². The third kappa shape index (κ3) is 25.4. The number of hydrogen-bond donors (Lipinski definition) is 1. The number of hydrogen-bond acceptors (Lipinski definition) is 7. The van der Waals surface area contributed by atoms with E-state index in [4.69, 9.17) is 9.26 Å². The van der Waals surface area contributed by atoms with Crippen LogP contribution in [-0.2, 0) is 23.1 Å². The van der Waals surface area contributed by atoms with Crippen LogP contribution in [0.2, 0.25) is 0 Å². The fraction of sp³-hybridized carbons (Fsp3) is 0.880. The zero-order valence-electron chi connectivity index (χ0n) is 22.1. The minimum absolute atomic E-state index is 0. The van der Waals surface area contributed by atoms with Gasteiger partial charge in [-0.05, 0) is 13.3 Å². The number of unbranched alkanes of at least 4 members (excludes halogenated alkanes) is 15. The van der Waals surface area contributed by atoms with Gasteiger partial charge in [0.05, 0.1) is 13.2 Å². The van der Waals surface area contributed by atoms with Crippen LogP contribution in [0.1, 0.15) is 117 Å². The second kappa shape index (κ2) is 25.0. The molecule has 0 saturated carbocycles. The van der Waals surface area contributed by atoms with E-state index in [1.807, 2.05) is 0 Å². The van der Waals surface area contributed by atoms with E-state index in [2.05, 4.69) is 18.0 Å². The third-order valence-corrected chi connectivity index (χ3v) is 6.39. The van der Waals surface area contributed by atoms with Crippen LogP contribution in [0, 0.1) is 0 Å². The van der Waals surface area contributed by atoms with Gasteiger partial charge in [-0.2, -0.15) is 0 Å². The Morgan fingerprint density at radius 2 is 1.24 bits per heavy atom. The van der Waals surface area contributed by atoms with Crippen molar-refractivity contribution in [3.8, 4) is 0 Å². The van der Waals surface area contributed by atoms with Crippen molar-refractivity contribution in [2.45, 2.75) is 123 Å². The van der Waals surface area contributed by atoms with Gasteiger partial charge in [-0.25, -0.2) is 4.79 Å². The molecule has 0 aliphatic heterocycles. The number of phosphoric acid groups is 1. The van der Waals surface area contributed by atoms with Crippen molar-refractivity contribution in [2.24, 2.45) is 0 Å². The van der Waals surface area contributed by atoms with Crippen LogP contribution in [0.15, 0.2) is 12.2 Å². The van der Waals surface area contributed by atoms with Gasteiger partial charge in [0, 0.05) is 5.57 Å². The van der Waals surface area contributed by atoms with E-state index in [-0.39, 0.29) is 48.3 Å². The van der Waals surface area contributed by atoms with Crippen LogP contribution in [0.25, 0.3) is 0 Å². The van der Waals surface area contributed by atoms with Gasteiger partial charge in [-0.15, -0.1) is 0 Å². The summed E-state index contributed by atoms with van der Waals surface area (Å²) in [7, 11) is -4.47. The minimum Gasteiger partial charge on any atom is -0.756 e. The first-order valence-electron chi connectivity index (χ1n) is 12.9. The molecule has 0 aromatic rings. The molecule has 0 radical (unpaired) electrons. The second-order valence-electron chi connectivity index (χ2n) is 8.91. The van der Waals surface area contributed by atoms with Gasteiger partial charge in [-0.1, -0.05) is 110 Å². The summed E-state index contributed by atoms with van der Waals surface area (Å²) in [6.45, 7) is 6.32. The number of aliphatic hydroxyl groups excluding tert-OH is 1. The Morgan fingerprint density at radius 3 is 1.65 bits per heavy atom. The average Bonchev–Trinajstić information content (AvgIpc) is 2.78. The molecule has 196 valence electrons. The summed E-state index contributed by atoms with van der Waals surface area (Å²) in [5.41, 5.74) is 0.194. The Morgan fingerprint density at radius 1 is 0.824 bits per heavy atom. The van der Waals surface area contributed by atoms with E-state index >= 15 is 0 Å². The molecule has 0 heterocycles. The first-order valence-corrected chi connectivity index (χ1v) is 14.4. The van der Waals surface area contributed by atoms with Crippen molar-refractivity contribution in [3.63, 3.8) is 0 Å². The van der Waals surface area contributed by atoms with Gasteiger partial charge in [-0.3, -0.25) is 4.57 Å². The molecular formula is C25H48NaO7P. The summed E-state index contributed by atoms with van der Waals surface area (Å²) >= 11 is 0. The molecule has 9 heteroatoms. The van der Waals surface area contributed by atoms with Crippen molar-refractivity contribution >= 4 is 13.8 Å². The van der Waals surface area contributed by atoms with Gasteiger partial charge in [0.1, 0.15) is 12.7 Å². The average molecular weight is 515 g/mol. The Labute approximate surface area is 230 Å². The van der Waals surface area contributed by atoms with Crippen LogP contribution < -0.4 is 34.5 Å². The van der Waals surface area contributed by atoms with Crippen molar-refractivity contribution in [1.82, 2.24) is 0 Å². The molecule has 1 N–H and O–H groups in total. The summed E-state index contributed by atoms with van der Waals surface area (Å²) in [5.74, 6) is -0.654. The first kappa shape index (κ1) is 36.4. The van der Waals surface area contributed by atoms with Crippen LogP contribution in [0.4, 0.5) is 0 Å². The van der Waals surface area contributed by atoms with E-state index in [9.17, 15) is 19.4 Å². The number of carbonyl (C=O) groups is 1. The first-order chi connectivity index (χ1) is 15.8. The maximum absolute atomic E-state index is 11.7. The zero-order valence-corrected chi connectivity index (χ0v) is 25.0. The smallest absolute Gasteiger partial charge is 0.756 e. The normalized spacial score (nSPS) is 13.6. The fourth-order valence-electron chi connectivity index (χ4n) is 3.38. The summed E-state index contributed by atoms with van der Waals surface area (Å²) in [4.78, 5) is 22.9. The molecular weight excluding hydrogens is 466 g/mol. The largest absolute Gasteiger partial charge is 1.00 e. The van der Waals surface area contributed by atoms with Crippen LogP contribution in [-0.4, -0.2) is 37.0 Å². The molecule has 0 spiro atoms. The molecule has 2 unspecified atom stereocenters. The molecule has 0 amide bonds. The third-order valence-electron chi connectivity index (χ3n) is 5.43. The molecule has 2 atom stereocenters. The number of rotatable bonds is 24. The number of carbonyl (C=O) groups excluding carboxylic acids is 1. The summed E-state index contributed by atoms with van der Waals surface area (Å²) < 4.78 is 25.9. The fourth-order valence-corrected chi connectivity index (χ4v) is 4.17. The Balaban J connectivity index is 0. The van der Waals surface area contributed by atoms with Gasteiger partial charge in [0.25, 0.3) is 7.82 Å². The molecule has 0 aromatic carbocycles. The van der Waals surface area contributed by atoms with Crippen molar-refractivity contribution in [3.05, 3.63) is 12.2 Å². The Kier molecular flexibility index (Phi) is 26.7. The summed E-state index contributed by atoms with van der Waals surface area (Å²) in [5, 5.41) is 9.62. The maximum Gasteiger partial charge on any atom is 1.00 e. The zero-order chi connectivity index (χ0) is 24.8. The van der Waals surface area contributed by atoms with Crippen molar-refractivity contribution in [1.29, 1.82) is 0 Å². The molecule has 0 saturated heterocycles. The molecule has 0 fully saturated rings. The Bertz CT molecular complexity index is 545. The molecule has 0 aromatic heterocycles. The number of ether oxygens (including phenoxy) is 1. The van der Waals surface area contributed by atoms with Gasteiger partial charge >= 0.3 is 35.5 Å². The molecule has 7 nitrogen and oxygen atoms in total. The van der Waals surface area contributed by atoms with Gasteiger partial charge in [0.2, 0.25) is 0 Å². The number of phosphoric ester groups is 1. The minimum atomic E-state index is -4.47. The van der Waals surface area contributed by atoms with Crippen molar-refractivity contribution in [2.75, 3.05) is 19.8 Å². The molecule has 0 aliphatic carbocycles. The van der Waals surface area contributed by atoms with Crippen LogP contribution in [0.3, 0.4) is 0 Å². The Hall–Kier alpha value is 0.280. The molecule has 34 heavy (non-hydrogen) atoms. The van der Waals surface area contributed by atoms with E-state index in [0.29, 0.717) is 6.42 Å². The maximum atomic E-state index is 11.7.